The number of aryl methyl sites for hydroxylation is 2. The van der Waals surface area contributed by atoms with Gasteiger partial charge in [0.1, 0.15) is 6.54 Å². The molecule has 4 nitrogen and oxygen atoms in total. The molecule has 0 amide bonds. The van der Waals surface area contributed by atoms with E-state index in [-0.39, 0.29) is 6.54 Å². The molecule has 4 heteroatoms. The van der Waals surface area contributed by atoms with Crippen LogP contribution in [0.25, 0.3) is 0 Å². The fraction of sp³-hybridized carbons (Fsp3) is 0.636. The van der Waals surface area contributed by atoms with Crippen molar-refractivity contribution >= 4 is 5.97 Å². The van der Waals surface area contributed by atoms with Crippen LogP contribution in [0.4, 0.5) is 0 Å². The molecule has 1 aliphatic carbocycles. The Kier molecular flexibility index (Phi) is 3.04. The van der Waals surface area contributed by atoms with E-state index in [4.69, 9.17) is 5.11 Å². The quantitative estimate of drug-likeness (QED) is 0.803. The van der Waals surface area contributed by atoms with E-state index in [1.807, 2.05) is 6.20 Å². The van der Waals surface area contributed by atoms with Gasteiger partial charge in [0.2, 0.25) is 0 Å². The van der Waals surface area contributed by atoms with E-state index in [1.54, 1.807) is 4.68 Å². The lowest BCUT2D eigenvalue weighted by molar-refractivity contribution is -0.137. The smallest absolute Gasteiger partial charge is 0.325 e. The number of nitrogens with zero attached hydrogens (tertiary/aromatic N) is 2. The minimum Gasteiger partial charge on any atom is -0.480 e. The number of carboxylic acid groups (broad SMARTS) is 1. The van der Waals surface area contributed by atoms with Gasteiger partial charge in [-0.2, -0.15) is 5.10 Å². The van der Waals surface area contributed by atoms with E-state index < -0.39 is 5.97 Å². The zero-order chi connectivity index (χ0) is 10.7. The first kappa shape index (κ1) is 10.2. The molecule has 0 bridgehead atoms. The van der Waals surface area contributed by atoms with Gasteiger partial charge in [-0.25, -0.2) is 0 Å². The van der Waals surface area contributed by atoms with Crippen LogP contribution in [-0.2, 0) is 24.2 Å². The second-order valence-corrected chi connectivity index (χ2v) is 4.11. The van der Waals surface area contributed by atoms with Gasteiger partial charge in [0.25, 0.3) is 0 Å². The number of hydrogen-bond acceptors (Lipinski definition) is 2. The molecular formula is C11H16N2O2. The summed E-state index contributed by atoms with van der Waals surface area (Å²) in [5.74, 6) is -0.828. The zero-order valence-corrected chi connectivity index (χ0v) is 8.78. The second kappa shape index (κ2) is 4.47. The Bertz CT molecular complexity index is 332. The van der Waals surface area contributed by atoms with Crippen LogP contribution in [0.2, 0.25) is 0 Å². The number of hydrogen-bond donors (Lipinski definition) is 1. The predicted molar refractivity (Wildman–Crippen MR) is 55.7 cm³/mol. The molecule has 0 unspecified atom stereocenters. The fourth-order valence-electron chi connectivity index (χ4n) is 2.10. The molecule has 0 aromatic carbocycles. The Morgan fingerprint density at radius 1 is 1.33 bits per heavy atom. The van der Waals surface area contributed by atoms with Gasteiger partial charge in [-0.3, -0.25) is 9.48 Å². The average molecular weight is 208 g/mol. The topological polar surface area (TPSA) is 55.1 Å². The van der Waals surface area contributed by atoms with E-state index in [1.165, 1.54) is 31.2 Å². The van der Waals surface area contributed by atoms with Crippen LogP contribution in [0.15, 0.2) is 6.20 Å². The third-order valence-electron chi connectivity index (χ3n) is 2.83. The lowest BCUT2D eigenvalue weighted by atomic mass is 9.99. The van der Waals surface area contributed by atoms with Crippen LogP contribution in [0, 0.1) is 0 Å². The van der Waals surface area contributed by atoms with E-state index in [0.29, 0.717) is 0 Å². The third kappa shape index (κ3) is 2.58. The minimum atomic E-state index is -0.828. The van der Waals surface area contributed by atoms with Gasteiger partial charge in [0.15, 0.2) is 0 Å². The highest BCUT2D eigenvalue weighted by molar-refractivity contribution is 5.66. The van der Waals surface area contributed by atoms with Crippen LogP contribution in [0.3, 0.4) is 0 Å². The van der Waals surface area contributed by atoms with E-state index in [9.17, 15) is 4.79 Å². The van der Waals surface area contributed by atoms with Crippen molar-refractivity contribution in [2.45, 2.75) is 45.1 Å². The first-order chi connectivity index (χ1) is 7.25. The SMILES string of the molecule is O=C(O)Cn1cc2c(n1)CCCCCC2. The monoisotopic (exact) mass is 208 g/mol. The Labute approximate surface area is 88.9 Å². The highest BCUT2D eigenvalue weighted by Gasteiger charge is 2.12. The normalized spacial score (nSPS) is 16.5. The van der Waals surface area contributed by atoms with E-state index in [2.05, 4.69) is 5.10 Å². The summed E-state index contributed by atoms with van der Waals surface area (Å²) in [6, 6.07) is 0. The molecule has 1 heterocycles. The summed E-state index contributed by atoms with van der Waals surface area (Å²) in [4.78, 5) is 10.6. The Hall–Kier alpha value is -1.32. The summed E-state index contributed by atoms with van der Waals surface area (Å²) >= 11 is 0. The predicted octanol–water partition coefficient (Wildman–Crippen LogP) is 1.63. The van der Waals surface area contributed by atoms with Crippen molar-refractivity contribution in [2.24, 2.45) is 0 Å². The maximum absolute atomic E-state index is 10.6. The standard InChI is InChI=1S/C11H16N2O2/c14-11(15)8-13-7-9-5-3-1-2-4-6-10(9)12-13/h7H,1-6,8H2,(H,14,15). The van der Waals surface area contributed by atoms with Gasteiger partial charge >= 0.3 is 5.97 Å². The first-order valence-electron chi connectivity index (χ1n) is 5.53. The molecule has 15 heavy (non-hydrogen) atoms. The lowest BCUT2D eigenvalue weighted by Gasteiger charge is -2.06. The molecule has 1 aromatic rings. The van der Waals surface area contributed by atoms with Gasteiger partial charge < -0.3 is 5.11 Å². The average Bonchev–Trinajstić information content (AvgIpc) is 2.46. The van der Waals surface area contributed by atoms with Crippen LogP contribution in [0.1, 0.15) is 36.9 Å². The number of aliphatic carboxylic acids is 1. The maximum atomic E-state index is 10.6. The van der Waals surface area contributed by atoms with Crippen LogP contribution < -0.4 is 0 Å². The summed E-state index contributed by atoms with van der Waals surface area (Å²) < 4.78 is 1.55. The van der Waals surface area contributed by atoms with Crippen molar-refractivity contribution < 1.29 is 9.90 Å². The van der Waals surface area contributed by atoms with Crippen molar-refractivity contribution in [1.82, 2.24) is 9.78 Å². The Balaban J connectivity index is 2.16. The molecule has 1 aromatic heterocycles. The lowest BCUT2D eigenvalue weighted by Crippen LogP contribution is -2.09. The van der Waals surface area contributed by atoms with Gasteiger partial charge in [-0.1, -0.05) is 12.8 Å². The van der Waals surface area contributed by atoms with Crippen molar-refractivity contribution in [3.63, 3.8) is 0 Å². The minimum absolute atomic E-state index is 0.0208. The van der Waals surface area contributed by atoms with Crippen molar-refractivity contribution in [3.05, 3.63) is 17.5 Å². The third-order valence-corrected chi connectivity index (χ3v) is 2.83. The molecule has 82 valence electrons. The Morgan fingerprint density at radius 3 is 2.80 bits per heavy atom. The summed E-state index contributed by atoms with van der Waals surface area (Å²) in [5.41, 5.74) is 2.35. The number of fused-ring (bicyclic) bond motifs is 1. The van der Waals surface area contributed by atoms with Crippen molar-refractivity contribution in [1.29, 1.82) is 0 Å². The first-order valence-corrected chi connectivity index (χ1v) is 5.53. The molecule has 0 atom stereocenters. The molecule has 1 aliphatic rings. The van der Waals surface area contributed by atoms with E-state index >= 15 is 0 Å². The van der Waals surface area contributed by atoms with Gasteiger partial charge in [0, 0.05) is 6.20 Å². The summed E-state index contributed by atoms with van der Waals surface area (Å²) in [6.45, 7) is -0.0208. The molecule has 2 rings (SSSR count). The fourth-order valence-corrected chi connectivity index (χ4v) is 2.10. The number of aromatic nitrogens is 2. The summed E-state index contributed by atoms with van der Waals surface area (Å²) in [7, 11) is 0. The van der Waals surface area contributed by atoms with Crippen LogP contribution in [-0.4, -0.2) is 20.9 Å². The molecular weight excluding hydrogens is 192 g/mol. The highest BCUT2D eigenvalue weighted by atomic mass is 16.4. The molecule has 0 saturated carbocycles. The molecule has 0 aliphatic heterocycles. The number of rotatable bonds is 2. The maximum Gasteiger partial charge on any atom is 0.325 e. The molecule has 1 N–H and O–H groups in total. The Morgan fingerprint density at radius 2 is 2.07 bits per heavy atom. The van der Waals surface area contributed by atoms with E-state index in [0.717, 1.165) is 18.5 Å². The largest absolute Gasteiger partial charge is 0.480 e. The van der Waals surface area contributed by atoms with Crippen LogP contribution in [0.5, 0.6) is 0 Å². The molecule has 0 radical (unpaired) electrons. The number of carboxylic acids is 1. The van der Waals surface area contributed by atoms with Gasteiger partial charge in [-0.05, 0) is 31.2 Å². The molecule has 0 saturated heterocycles. The summed E-state index contributed by atoms with van der Waals surface area (Å²) in [5, 5.41) is 13.0. The highest BCUT2D eigenvalue weighted by Crippen LogP contribution is 2.18. The van der Waals surface area contributed by atoms with Crippen molar-refractivity contribution in [3.8, 4) is 0 Å². The molecule has 0 fully saturated rings. The summed E-state index contributed by atoms with van der Waals surface area (Å²) in [6.07, 6.45) is 8.88. The van der Waals surface area contributed by atoms with Gasteiger partial charge in [-0.15, -0.1) is 0 Å². The van der Waals surface area contributed by atoms with Gasteiger partial charge in [0.05, 0.1) is 5.69 Å². The zero-order valence-electron chi connectivity index (χ0n) is 8.78. The number of carbonyl (C=O) groups is 1. The second-order valence-electron chi connectivity index (χ2n) is 4.11. The molecule has 0 spiro atoms. The van der Waals surface area contributed by atoms with Crippen molar-refractivity contribution in [2.75, 3.05) is 0 Å². The van der Waals surface area contributed by atoms with Crippen LogP contribution >= 0.6 is 0 Å².